The van der Waals surface area contributed by atoms with Crippen LogP contribution in [0.3, 0.4) is 0 Å². The van der Waals surface area contributed by atoms with E-state index in [0.717, 1.165) is 35.5 Å². The molecule has 196 valence electrons. The van der Waals surface area contributed by atoms with Crippen LogP contribution in [0.2, 0.25) is 5.02 Å². The van der Waals surface area contributed by atoms with Gasteiger partial charge in [-0.3, -0.25) is 4.79 Å². The Kier molecular flexibility index (Phi) is 7.96. The summed E-state index contributed by atoms with van der Waals surface area (Å²) in [4.78, 5) is 15.6. The molecule has 4 aromatic rings. The van der Waals surface area contributed by atoms with Crippen molar-refractivity contribution in [3.63, 3.8) is 0 Å². The van der Waals surface area contributed by atoms with Crippen LogP contribution in [0.5, 0.6) is 17.4 Å². The van der Waals surface area contributed by atoms with E-state index in [1.807, 2.05) is 73.7 Å². The van der Waals surface area contributed by atoms with Gasteiger partial charge in [-0.15, -0.1) is 0 Å². The topological polar surface area (TPSA) is 65.8 Å². The first kappa shape index (κ1) is 25.8. The van der Waals surface area contributed by atoms with Crippen LogP contribution in [0, 0.1) is 6.92 Å². The van der Waals surface area contributed by atoms with Crippen LogP contribution in [0.4, 0.5) is 0 Å². The summed E-state index contributed by atoms with van der Waals surface area (Å²) < 4.78 is 19.4. The lowest BCUT2D eigenvalue weighted by molar-refractivity contribution is 0.0505. The van der Waals surface area contributed by atoms with E-state index in [4.69, 9.17) is 30.9 Å². The van der Waals surface area contributed by atoms with Crippen molar-refractivity contribution in [1.82, 2.24) is 14.7 Å². The fourth-order valence-electron chi connectivity index (χ4n) is 4.57. The molecular weight excluding hydrogens is 502 g/mol. The lowest BCUT2D eigenvalue weighted by atomic mass is 10.1. The van der Waals surface area contributed by atoms with Crippen molar-refractivity contribution in [2.75, 3.05) is 20.3 Å². The van der Waals surface area contributed by atoms with Gasteiger partial charge in [0, 0.05) is 13.2 Å². The molecule has 1 unspecified atom stereocenters. The SMILES string of the molecule is COc1ccc(Oc2c(CN(CC3CCCO3)C(=O)c3ccccc3Cl)c(C)nn2-c2ccccc2)cc1. The smallest absolute Gasteiger partial charge is 0.255 e. The second-order valence-electron chi connectivity index (χ2n) is 9.19. The molecule has 0 aliphatic carbocycles. The molecule has 1 aliphatic rings. The number of methoxy groups -OCH3 is 1. The van der Waals surface area contributed by atoms with E-state index in [2.05, 4.69) is 0 Å². The first-order valence-electron chi connectivity index (χ1n) is 12.6. The standard InChI is InChI=1S/C30H30ClN3O4/c1-21-27(20-33(19-25-11-8-18-37-25)29(35)26-12-6-7-13-28(26)31)30(34(32-21)22-9-4-3-5-10-22)38-24-16-14-23(36-2)15-17-24/h3-7,9-10,12-17,25H,8,11,18-20H2,1-2H3. The Morgan fingerprint density at radius 2 is 1.76 bits per heavy atom. The van der Waals surface area contributed by atoms with Gasteiger partial charge in [0.15, 0.2) is 0 Å². The van der Waals surface area contributed by atoms with Gasteiger partial charge < -0.3 is 19.1 Å². The van der Waals surface area contributed by atoms with Crippen LogP contribution in [-0.4, -0.2) is 47.0 Å². The molecule has 2 heterocycles. The highest BCUT2D eigenvalue weighted by Crippen LogP contribution is 2.33. The Morgan fingerprint density at radius 3 is 2.45 bits per heavy atom. The second kappa shape index (κ2) is 11.7. The van der Waals surface area contributed by atoms with Crippen LogP contribution in [0.25, 0.3) is 5.69 Å². The third-order valence-electron chi connectivity index (χ3n) is 6.60. The number of carbonyl (C=O) groups excluding carboxylic acids is 1. The van der Waals surface area contributed by atoms with E-state index in [0.29, 0.717) is 35.4 Å². The molecule has 1 fully saturated rings. The lowest BCUT2D eigenvalue weighted by Crippen LogP contribution is -2.37. The van der Waals surface area contributed by atoms with Crippen LogP contribution < -0.4 is 9.47 Å². The molecule has 38 heavy (non-hydrogen) atoms. The summed E-state index contributed by atoms with van der Waals surface area (Å²) in [6, 6.07) is 24.3. The van der Waals surface area contributed by atoms with Gasteiger partial charge in [-0.25, -0.2) is 4.68 Å². The van der Waals surface area contributed by atoms with Gasteiger partial charge in [0.1, 0.15) is 11.5 Å². The Morgan fingerprint density at radius 1 is 1.05 bits per heavy atom. The average Bonchev–Trinajstić information content (AvgIpc) is 3.57. The predicted octanol–water partition coefficient (Wildman–Crippen LogP) is 6.46. The van der Waals surface area contributed by atoms with Crippen LogP contribution in [-0.2, 0) is 11.3 Å². The van der Waals surface area contributed by atoms with Gasteiger partial charge in [-0.05, 0) is 68.3 Å². The van der Waals surface area contributed by atoms with Gasteiger partial charge in [0.25, 0.3) is 5.91 Å². The van der Waals surface area contributed by atoms with E-state index in [1.165, 1.54) is 0 Å². The Labute approximate surface area is 227 Å². The van der Waals surface area contributed by atoms with Gasteiger partial charge in [-0.2, -0.15) is 5.10 Å². The number of ether oxygens (including phenoxy) is 3. The normalized spacial score (nSPS) is 14.9. The third kappa shape index (κ3) is 5.69. The monoisotopic (exact) mass is 531 g/mol. The maximum atomic E-state index is 13.8. The zero-order valence-electron chi connectivity index (χ0n) is 21.5. The number of amides is 1. The van der Waals surface area contributed by atoms with E-state index in [9.17, 15) is 4.79 Å². The van der Waals surface area contributed by atoms with Crippen molar-refractivity contribution < 1.29 is 19.0 Å². The maximum Gasteiger partial charge on any atom is 0.255 e. The molecule has 0 bridgehead atoms. The van der Waals surface area contributed by atoms with Crippen LogP contribution in [0.15, 0.2) is 78.9 Å². The fraction of sp³-hybridized carbons (Fsp3) is 0.267. The van der Waals surface area contributed by atoms with Crippen LogP contribution in [0.1, 0.15) is 34.5 Å². The van der Waals surface area contributed by atoms with Crippen molar-refractivity contribution >= 4 is 17.5 Å². The molecule has 1 atom stereocenters. The van der Waals surface area contributed by atoms with Gasteiger partial charge in [0.2, 0.25) is 5.88 Å². The zero-order valence-corrected chi connectivity index (χ0v) is 22.2. The summed E-state index contributed by atoms with van der Waals surface area (Å²) in [7, 11) is 1.63. The molecule has 7 nitrogen and oxygen atoms in total. The highest BCUT2D eigenvalue weighted by molar-refractivity contribution is 6.33. The number of hydrogen-bond acceptors (Lipinski definition) is 5. The number of halogens is 1. The van der Waals surface area contributed by atoms with E-state index in [-0.39, 0.29) is 18.6 Å². The van der Waals surface area contributed by atoms with Gasteiger partial charge in [0.05, 0.1) is 47.3 Å². The Balaban J connectivity index is 1.54. The molecule has 3 aromatic carbocycles. The number of benzene rings is 3. The van der Waals surface area contributed by atoms with Crippen molar-refractivity contribution in [1.29, 1.82) is 0 Å². The van der Waals surface area contributed by atoms with Crippen molar-refractivity contribution in [3.05, 3.63) is 101 Å². The summed E-state index contributed by atoms with van der Waals surface area (Å²) in [5.74, 6) is 1.75. The molecule has 0 N–H and O–H groups in total. The molecule has 1 aliphatic heterocycles. The quantitative estimate of drug-likeness (QED) is 0.248. The summed E-state index contributed by atoms with van der Waals surface area (Å²) in [5, 5.41) is 5.23. The van der Waals surface area contributed by atoms with Crippen molar-refractivity contribution in [2.45, 2.75) is 32.4 Å². The molecular formula is C30H30ClN3O4. The first-order chi connectivity index (χ1) is 18.5. The number of nitrogens with zero attached hydrogens (tertiary/aromatic N) is 3. The maximum absolute atomic E-state index is 13.8. The Bertz CT molecular complexity index is 1380. The van der Waals surface area contributed by atoms with E-state index >= 15 is 0 Å². The van der Waals surface area contributed by atoms with Crippen LogP contribution >= 0.6 is 11.6 Å². The summed E-state index contributed by atoms with van der Waals surface area (Å²) >= 11 is 6.43. The predicted molar refractivity (Wildman–Crippen MR) is 147 cm³/mol. The second-order valence-corrected chi connectivity index (χ2v) is 9.60. The number of hydrogen-bond donors (Lipinski definition) is 0. The third-order valence-corrected chi connectivity index (χ3v) is 6.93. The highest BCUT2D eigenvalue weighted by Gasteiger charge is 2.28. The summed E-state index contributed by atoms with van der Waals surface area (Å²) in [6.07, 6.45) is 1.86. The molecule has 1 aromatic heterocycles. The van der Waals surface area contributed by atoms with Gasteiger partial charge >= 0.3 is 0 Å². The summed E-state index contributed by atoms with van der Waals surface area (Å²) in [5.41, 5.74) is 2.89. The molecule has 1 saturated heterocycles. The number of rotatable bonds is 9. The zero-order chi connectivity index (χ0) is 26.5. The minimum atomic E-state index is -0.159. The number of para-hydroxylation sites is 1. The van der Waals surface area contributed by atoms with E-state index in [1.54, 1.807) is 28.8 Å². The Hall–Kier alpha value is -3.81. The summed E-state index contributed by atoms with van der Waals surface area (Å²) in [6.45, 7) is 3.37. The molecule has 8 heteroatoms. The number of carbonyl (C=O) groups is 1. The first-order valence-corrected chi connectivity index (χ1v) is 13.0. The van der Waals surface area contributed by atoms with Crippen molar-refractivity contribution in [3.8, 4) is 23.1 Å². The largest absolute Gasteiger partial charge is 0.497 e. The molecule has 1 amide bonds. The van der Waals surface area contributed by atoms with E-state index < -0.39 is 0 Å². The minimum Gasteiger partial charge on any atom is -0.497 e. The minimum absolute atomic E-state index is 0.0307. The lowest BCUT2D eigenvalue weighted by Gasteiger charge is -2.26. The molecule has 0 radical (unpaired) electrons. The fourth-order valence-corrected chi connectivity index (χ4v) is 4.79. The molecule has 0 saturated carbocycles. The molecule has 0 spiro atoms. The highest BCUT2D eigenvalue weighted by atomic mass is 35.5. The number of aryl methyl sites for hydroxylation is 1. The average molecular weight is 532 g/mol. The molecule has 5 rings (SSSR count). The number of aromatic nitrogens is 2. The van der Waals surface area contributed by atoms with Crippen molar-refractivity contribution in [2.24, 2.45) is 0 Å². The van der Waals surface area contributed by atoms with Gasteiger partial charge in [-0.1, -0.05) is 41.9 Å².